The zero-order valence-corrected chi connectivity index (χ0v) is 15.7. The highest BCUT2D eigenvalue weighted by molar-refractivity contribution is 6.02. The number of rotatable bonds is 3. The van der Waals surface area contributed by atoms with Gasteiger partial charge in [-0.05, 0) is 37.3 Å². The summed E-state index contributed by atoms with van der Waals surface area (Å²) in [7, 11) is 0. The number of anilines is 2. The van der Waals surface area contributed by atoms with Crippen LogP contribution in [0.1, 0.15) is 21.6 Å². The molecule has 0 aromatic carbocycles. The molecule has 0 radical (unpaired) electrons. The molecule has 2 fully saturated rings. The van der Waals surface area contributed by atoms with Crippen molar-refractivity contribution in [2.75, 3.05) is 23.3 Å². The predicted octanol–water partition coefficient (Wildman–Crippen LogP) is 2.13. The first kappa shape index (κ1) is 17.1. The van der Waals surface area contributed by atoms with E-state index in [1.54, 1.807) is 19.3 Å². The van der Waals surface area contributed by atoms with Gasteiger partial charge in [0.15, 0.2) is 5.82 Å². The number of fused-ring (bicyclic) bond motifs is 2. The fourth-order valence-electron chi connectivity index (χ4n) is 4.17. The Morgan fingerprint density at radius 2 is 1.96 bits per heavy atom. The third-order valence-corrected chi connectivity index (χ3v) is 5.91. The molecule has 2 aliphatic rings. The van der Waals surface area contributed by atoms with Crippen LogP contribution in [0.3, 0.4) is 0 Å². The number of nitrogens with two attached hydrogens (primary N) is 1. The van der Waals surface area contributed by atoms with Gasteiger partial charge >= 0.3 is 0 Å². The Morgan fingerprint density at radius 3 is 2.64 bits per heavy atom. The van der Waals surface area contributed by atoms with Crippen molar-refractivity contribution in [3.05, 3.63) is 53.5 Å². The average Bonchev–Trinajstić information content (AvgIpc) is 3.06. The molecule has 4 heterocycles. The monoisotopic (exact) mass is 380 g/mol. The van der Waals surface area contributed by atoms with E-state index in [4.69, 9.17) is 5.73 Å². The second kappa shape index (κ2) is 6.00. The maximum absolute atomic E-state index is 14.7. The Bertz CT molecular complexity index is 1080. The molecule has 0 spiro atoms. The zero-order chi connectivity index (χ0) is 19.6. The number of amides is 1. The number of pyridine rings is 1. The van der Waals surface area contributed by atoms with Crippen LogP contribution in [0.5, 0.6) is 0 Å². The fraction of sp³-hybridized carbons (Fsp3) is 0.350. The molecule has 0 bridgehead atoms. The standard InChI is InChI=1S/C20H21FN6O/c1-10-3-16-11(2)18(21)15(9-26(16)6-10)25-20(28)14-4-24-17(5-23-14)27-7-12-13(8-27)19(12)22/h3-6,9,12-13,19H,7-8,22H2,1-2H3,(H,25,28). The van der Waals surface area contributed by atoms with Gasteiger partial charge in [-0.1, -0.05) is 0 Å². The van der Waals surface area contributed by atoms with E-state index >= 15 is 0 Å². The maximum Gasteiger partial charge on any atom is 0.275 e. The molecule has 3 N–H and O–H groups in total. The van der Waals surface area contributed by atoms with Gasteiger partial charge in [0, 0.05) is 37.1 Å². The van der Waals surface area contributed by atoms with E-state index in [1.165, 1.54) is 6.20 Å². The van der Waals surface area contributed by atoms with Gasteiger partial charge in [-0.2, -0.15) is 0 Å². The fourth-order valence-corrected chi connectivity index (χ4v) is 4.17. The third kappa shape index (κ3) is 2.63. The Hall–Kier alpha value is -3.00. The van der Waals surface area contributed by atoms with Gasteiger partial charge in [0.2, 0.25) is 0 Å². The number of piperidine rings is 1. The van der Waals surface area contributed by atoms with Crippen molar-refractivity contribution in [1.29, 1.82) is 0 Å². The van der Waals surface area contributed by atoms with Gasteiger partial charge in [-0.25, -0.2) is 14.4 Å². The Labute approximate surface area is 161 Å². The van der Waals surface area contributed by atoms with Crippen molar-refractivity contribution in [3.63, 3.8) is 0 Å². The van der Waals surface area contributed by atoms with Crippen LogP contribution in [0.2, 0.25) is 0 Å². The lowest BCUT2D eigenvalue weighted by molar-refractivity contribution is 0.102. The van der Waals surface area contributed by atoms with Crippen LogP contribution in [0.25, 0.3) is 5.52 Å². The molecule has 1 aliphatic heterocycles. The summed E-state index contributed by atoms with van der Waals surface area (Å²) in [5.74, 6) is 0.886. The van der Waals surface area contributed by atoms with E-state index < -0.39 is 11.7 Å². The molecule has 2 atom stereocenters. The van der Waals surface area contributed by atoms with Gasteiger partial charge in [0.25, 0.3) is 5.91 Å². The van der Waals surface area contributed by atoms with Crippen molar-refractivity contribution in [2.24, 2.45) is 17.6 Å². The van der Waals surface area contributed by atoms with Gasteiger partial charge in [-0.3, -0.25) is 4.79 Å². The van der Waals surface area contributed by atoms with Crippen LogP contribution < -0.4 is 16.0 Å². The van der Waals surface area contributed by atoms with Crippen LogP contribution >= 0.6 is 0 Å². The summed E-state index contributed by atoms with van der Waals surface area (Å²) in [5, 5.41) is 2.61. The molecule has 1 saturated heterocycles. The normalized spacial score (nSPS) is 23.1. The molecule has 28 heavy (non-hydrogen) atoms. The number of aromatic nitrogens is 3. The second-order valence-corrected chi connectivity index (χ2v) is 7.82. The smallest absolute Gasteiger partial charge is 0.275 e. The summed E-state index contributed by atoms with van der Waals surface area (Å²) in [4.78, 5) is 23.3. The van der Waals surface area contributed by atoms with Crippen LogP contribution in [-0.4, -0.2) is 39.4 Å². The summed E-state index contributed by atoms with van der Waals surface area (Å²) in [5.41, 5.74) is 8.50. The molecule has 3 aromatic heterocycles. The Morgan fingerprint density at radius 1 is 1.21 bits per heavy atom. The van der Waals surface area contributed by atoms with E-state index in [-0.39, 0.29) is 11.4 Å². The number of hydrogen-bond acceptors (Lipinski definition) is 5. The summed E-state index contributed by atoms with van der Waals surface area (Å²) >= 11 is 0. The maximum atomic E-state index is 14.7. The minimum atomic E-state index is -0.494. The van der Waals surface area contributed by atoms with Gasteiger partial charge in [0.1, 0.15) is 11.5 Å². The van der Waals surface area contributed by atoms with Gasteiger partial charge < -0.3 is 20.4 Å². The quantitative estimate of drug-likeness (QED) is 0.727. The largest absolute Gasteiger partial charge is 0.355 e. The van der Waals surface area contributed by atoms with E-state index in [2.05, 4.69) is 20.2 Å². The molecule has 1 saturated carbocycles. The molecular formula is C20H21FN6O. The summed E-state index contributed by atoms with van der Waals surface area (Å²) < 4.78 is 16.5. The van der Waals surface area contributed by atoms with E-state index in [0.717, 1.165) is 30.0 Å². The molecule has 8 heteroatoms. The van der Waals surface area contributed by atoms with Crippen LogP contribution in [-0.2, 0) is 0 Å². The van der Waals surface area contributed by atoms with Crippen LogP contribution in [0.4, 0.5) is 15.9 Å². The summed E-state index contributed by atoms with van der Waals surface area (Å²) in [6.07, 6.45) is 6.48. The number of carbonyl (C=O) groups is 1. The van der Waals surface area contributed by atoms with E-state index in [0.29, 0.717) is 23.4 Å². The summed E-state index contributed by atoms with van der Waals surface area (Å²) in [6, 6.07) is 2.22. The first-order valence-corrected chi connectivity index (χ1v) is 9.33. The van der Waals surface area contributed by atoms with Crippen molar-refractivity contribution in [3.8, 4) is 0 Å². The highest BCUT2D eigenvalue weighted by Gasteiger charge is 2.53. The van der Waals surface area contributed by atoms with Crippen molar-refractivity contribution in [2.45, 2.75) is 19.9 Å². The number of halogens is 1. The summed E-state index contributed by atoms with van der Waals surface area (Å²) in [6.45, 7) is 5.40. The molecule has 2 unspecified atom stereocenters. The minimum Gasteiger partial charge on any atom is -0.355 e. The van der Waals surface area contributed by atoms with Crippen LogP contribution in [0.15, 0.2) is 30.9 Å². The molecule has 1 aliphatic carbocycles. The Kier molecular flexibility index (Phi) is 3.67. The van der Waals surface area contributed by atoms with Crippen molar-refractivity contribution >= 4 is 22.9 Å². The van der Waals surface area contributed by atoms with Gasteiger partial charge in [0.05, 0.1) is 23.6 Å². The first-order chi connectivity index (χ1) is 13.4. The lowest BCUT2D eigenvalue weighted by Crippen LogP contribution is -2.29. The first-order valence-electron chi connectivity index (χ1n) is 9.33. The minimum absolute atomic E-state index is 0.116. The molecule has 5 rings (SSSR count). The lowest BCUT2D eigenvalue weighted by Gasteiger charge is -2.19. The average molecular weight is 380 g/mol. The van der Waals surface area contributed by atoms with Gasteiger partial charge in [-0.15, -0.1) is 0 Å². The topological polar surface area (TPSA) is 88.5 Å². The molecule has 3 aromatic rings. The second-order valence-electron chi connectivity index (χ2n) is 7.82. The SMILES string of the molecule is Cc1cc2c(C)c(F)c(NC(=O)c3cnc(N4CC5C(N)C5C4)cn3)cn2c1. The number of aryl methyl sites for hydroxylation is 2. The molecule has 7 nitrogen and oxygen atoms in total. The number of nitrogens with one attached hydrogen (secondary N) is 1. The molecule has 144 valence electrons. The van der Waals surface area contributed by atoms with Crippen LogP contribution in [0, 0.1) is 31.5 Å². The number of hydrogen-bond donors (Lipinski definition) is 2. The lowest BCUT2D eigenvalue weighted by atomic mass is 10.2. The predicted molar refractivity (Wildman–Crippen MR) is 104 cm³/mol. The molecule has 1 amide bonds. The van der Waals surface area contributed by atoms with E-state index in [1.807, 2.05) is 23.6 Å². The van der Waals surface area contributed by atoms with E-state index in [9.17, 15) is 9.18 Å². The number of carbonyl (C=O) groups excluding carboxylic acids is 1. The van der Waals surface area contributed by atoms with Crippen molar-refractivity contribution < 1.29 is 9.18 Å². The zero-order valence-electron chi connectivity index (χ0n) is 15.7. The highest BCUT2D eigenvalue weighted by Crippen LogP contribution is 2.44. The molecular weight excluding hydrogens is 359 g/mol. The third-order valence-electron chi connectivity index (χ3n) is 5.91. The Balaban J connectivity index is 1.34. The van der Waals surface area contributed by atoms with Crippen molar-refractivity contribution in [1.82, 2.24) is 14.4 Å². The highest BCUT2D eigenvalue weighted by atomic mass is 19.1. The number of nitrogens with zero attached hydrogens (tertiary/aromatic N) is 4.